The van der Waals surface area contributed by atoms with Crippen LogP contribution in [0.5, 0.6) is 0 Å². The number of carbonyl (C=O) groups is 2. The van der Waals surface area contributed by atoms with Crippen LogP contribution in [-0.2, 0) is 4.79 Å². The summed E-state index contributed by atoms with van der Waals surface area (Å²) in [4.78, 5) is 26.6. The van der Waals surface area contributed by atoms with Crippen LogP contribution in [0.1, 0.15) is 61.4 Å². The van der Waals surface area contributed by atoms with E-state index in [1.165, 1.54) is 18.4 Å². The van der Waals surface area contributed by atoms with Crippen molar-refractivity contribution in [1.29, 1.82) is 0 Å². The Bertz CT molecular complexity index is 607. The van der Waals surface area contributed by atoms with Crippen LogP contribution in [-0.4, -0.2) is 42.3 Å². The summed E-state index contributed by atoms with van der Waals surface area (Å²) < 4.78 is 0. The van der Waals surface area contributed by atoms with E-state index in [0.29, 0.717) is 18.5 Å². The van der Waals surface area contributed by atoms with Crippen LogP contribution in [0.4, 0.5) is 0 Å². The minimum Gasteiger partial charge on any atom is -0.341 e. The normalized spacial score (nSPS) is 21.1. The van der Waals surface area contributed by atoms with Gasteiger partial charge in [0.15, 0.2) is 5.78 Å². The number of hydrogen-bond donors (Lipinski definition) is 1. The van der Waals surface area contributed by atoms with Crippen molar-refractivity contribution in [1.82, 2.24) is 10.2 Å². The molecular weight excluding hydrogens is 300 g/mol. The number of amides is 1. The summed E-state index contributed by atoms with van der Waals surface area (Å²) in [7, 11) is 0. The topological polar surface area (TPSA) is 49.4 Å². The van der Waals surface area contributed by atoms with Gasteiger partial charge in [0, 0.05) is 36.5 Å². The predicted octanol–water partition coefficient (Wildman–Crippen LogP) is 2.98. The third-order valence-electron chi connectivity index (χ3n) is 5.06. The van der Waals surface area contributed by atoms with E-state index >= 15 is 0 Å². The molecule has 1 atom stereocenters. The van der Waals surface area contributed by atoms with Crippen LogP contribution >= 0.6 is 0 Å². The molecule has 130 valence electrons. The van der Waals surface area contributed by atoms with Gasteiger partial charge >= 0.3 is 0 Å². The van der Waals surface area contributed by atoms with Crippen LogP contribution in [0.3, 0.4) is 0 Å². The van der Waals surface area contributed by atoms with Gasteiger partial charge in [-0.25, -0.2) is 0 Å². The van der Waals surface area contributed by atoms with Crippen LogP contribution in [0.2, 0.25) is 0 Å². The molecule has 2 aliphatic rings. The highest BCUT2D eigenvalue weighted by Gasteiger charge is 2.27. The molecule has 1 aromatic rings. The summed E-state index contributed by atoms with van der Waals surface area (Å²) in [5.41, 5.74) is 1.98. The number of carbonyl (C=O) groups excluding carboxylic acids is 2. The molecule has 1 amide bonds. The molecule has 0 aromatic heterocycles. The van der Waals surface area contributed by atoms with E-state index in [-0.39, 0.29) is 17.6 Å². The van der Waals surface area contributed by atoms with Crippen LogP contribution in [0, 0.1) is 5.92 Å². The Morgan fingerprint density at radius 2 is 2.04 bits per heavy atom. The van der Waals surface area contributed by atoms with E-state index in [2.05, 4.69) is 11.4 Å². The first kappa shape index (κ1) is 17.2. The number of hydrogen-bond acceptors (Lipinski definition) is 3. The second-order valence-electron chi connectivity index (χ2n) is 7.48. The number of nitrogens with one attached hydrogen (secondary N) is 1. The first-order chi connectivity index (χ1) is 11.5. The zero-order chi connectivity index (χ0) is 17.1. The number of piperidine rings is 1. The molecule has 1 aromatic carbocycles. The van der Waals surface area contributed by atoms with Gasteiger partial charge in [-0.05, 0) is 37.3 Å². The van der Waals surface area contributed by atoms with E-state index in [0.717, 1.165) is 31.5 Å². The fourth-order valence-electron chi connectivity index (χ4n) is 3.39. The minimum absolute atomic E-state index is 0.0122. The lowest BCUT2D eigenvalue weighted by Crippen LogP contribution is -2.43. The van der Waals surface area contributed by atoms with E-state index in [1.54, 1.807) is 0 Å². The van der Waals surface area contributed by atoms with Crippen molar-refractivity contribution >= 4 is 11.7 Å². The maximum Gasteiger partial charge on any atom is 0.236 e. The Hall–Kier alpha value is -1.68. The largest absolute Gasteiger partial charge is 0.341 e. The summed E-state index contributed by atoms with van der Waals surface area (Å²) >= 11 is 0. The lowest BCUT2D eigenvalue weighted by molar-refractivity contribution is -0.131. The van der Waals surface area contributed by atoms with Gasteiger partial charge in [0.2, 0.25) is 5.91 Å². The van der Waals surface area contributed by atoms with Crippen molar-refractivity contribution in [3.63, 3.8) is 0 Å². The average Bonchev–Trinajstić information content (AvgIpc) is 3.43. The van der Waals surface area contributed by atoms with E-state index in [4.69, 9.17) is 0 Å². The molecule has 1 saturated carbocycles. The van der Waals surface area contributed by atoms with Crippen LogP contribution in [0.25, 0.3) is 0 Å². The molecule has 3 rings (SSSR count). The lowest BCUT2D eigenvalue weighted by atomic mass is 9.88. The third kappa shape index (κ3) is 4.23. The number of rotatable bonds is 6. The van der Waals surface area contributed by atoms with E-state index in [9.17, 15) is 9.59 Å². The zero-order valence-corrected chi connectivity index (χ0v) is 14.8. The maximum absolute atomic E-state index is 12.4. The van der Waals surface area contributed by atoms with Gasteiger partial charge < -0.3 is 10.2 Å². The quantitative estimate of drug-likeness (QED) is 0.817. The van der Waals surface area contributed by atoms with Gasteiger partial charge in [-0.2, -0.15) is 0 Å². The summed E-state index contributed by atoms with van der Waals surface area (Å²) in [5.74, 6) is 0.747. The molecule has 1 N–H and O–H groups in total. The summed E-state index contributed by atoms with van der Waals surface area (Å²) in [6.45, 7) is 5.95. The Kier molecular flexibility index (Phi) is 5.34. The number of likely N-dealkylation sites (tertiary alicyclic amines) is 1. The van der Waals surface area contributed by atoms with Crippen molar-refractivity contribution < 1.29 is 9.59 Å². The Balaban J connectivity index is 1.64. The van der Waals surface area contributed by atoms with Gasteiger partial charge in [0.05, 0.1) is 6.54 Å². The summed E-state index contributed by atoms with van der Waals surface area (Å²) in [6, 6.07) is 8.56. The van der Waals surface area contributed by atoms with Crippen LogP contribution in [0.15, 0.2) is 24.3 Å². The molecular formula is C20H28N2O2. The van der Waals surface area contributed by atoms with Crippen molar-refractivity contribution in [2.75, 3.05) is 19.6 Å². The summed E-state index contributed by atoms with van der Waals surface area (Å²) in [5, 5.41) is 3.31. The molecule has 2 fully saturated rings. The second kappa shape index (κ2) is 7.47. The Morgan fingerprint density at radius 1 is 1.25 bits per heavy atom. The first-order valence-corrected chi connectivity index (χ1v) is 9.20. The molecule has 24 heavy (non-hydrogen) atoms. The van der Waals surface area contributed by atoms with Gasteiger partial charge in [-0.15, -0.1) is 0 Å². The highest BCUT2D eigenvalue weighted by molar-refractivity contribution is 5.97. The standard InChI is InChI=1S/C20H28N2O2/c1-14(2)20(24)16-6-3-5-15(11-16)17-7-4-10-22(13-17)19(23)12-21-18-8-9-18/h3,5-6,11,14,17-18,21H,4,7-10,12-13H2,1-2H3. The van der Waals surface area contributed by atoms with Gasteiger partial charge in [-0.3, -0.25) is 9.59 Å². The Labute approximate surface area is 144 Å². The van der Waals surface area contributed by atoms with Crippen molar-refractivity contribution in [3.05, 3.63) is 35.4 Å². The molecule has 1 aliphatic carbocycles. The molecule has 0 bridgehead atoms. The van der Waals surface area contributed by atoms with E-state index < -0.39 is 0 Å². The molecule has 0 radical (unpaired) electrons. The highest BCUT2D eigenvalue weighted by atomic mass is 16.2. The Morgan fingerprint density at radius 3 is 2.75 bits per heavy atom. The monoisotopic (exact) mass is 328 g/mol. The molecule has 1 saturated heterocycles. The lowest BCUT2D eigenvalue weighted by Gasteiger charge is -2.33. The molecule has 1 aliphatic heterocycles. The smallest absolute Gasteiger partial charge is 0.236 e. The molecule has 4 nitrogen and oxygen atoms in total. The maximum atomic E-state index is 12.4. The first-order valence-electron chi connectivity index (χ1n) is 9.20. The van der Waals surface area contributed by atoms with Crippen LogP contribution < -0.4 is 5.32 Å². The predicted molar refractivity (Wildman–Crippen MR) is 95.2 cm³/mol. The third-order valence-corrected chi connectivity index (χ3v) is 5.06. The molecule has 1 unspecified atom stereocenters. The highest BCUT2D eigenvalue weighted by Crippen LogP contribution is 2.28. The van der Waals surface area contributed by atoms with Gasteiger partial charge in [0.1, 0.15) is 0 Å². The average molecular weight is 328 g/mol. The minimum atomic E-state index is 0.0122. The fraction of sp³-hybridized carbons (Fsp3) is 0.600. The molecule has 1 heterocycles. The van der Waals surface area contributed by atoms with Crippen molar-refractivity contribution in [3.8, 4) is 0 Å². The number of Topliss-reactive ketones (excluding diaryl/α,β-unsaturated/α-hetero) is 1. The van der Waals surface area contributed by atoms with Crippen molar-refractivity contribution in [2.24, 2.45) is 5.92 Å². The van der Waals surface area contributed by atoms with E-state index in [1.807, 2.05) is 36.9 Å². The fourth-order valence-corrected chi connectivity index (χ4v) is 3.39. The molecule has 0 spiro atoms. The summed E-state index contributed by atoms with van der Waals surface area (Å²) in [6.07, 6.45) is 4.51. The SMILES string of the molecule is CC(C)C(=O)c1cccc(C2CCCN(C(=O)CNC3CC3)C2)c1. The second-order valence-corrected chi connectivity index (χ2v) is 7.48. The number of ketones is 1. The number of nitrogens with zero attached hydrogens (tertiary/aromatic N) is 1. The van der Waals surface area contributed by atoms with Gasteiger partial charge in [0.25, 0.3) is 0 Å². The number of benzene rings is 1. The molecule has 4 heteroatoms. The zero-order valence-electron chi connectivity index (χ0n) is 14.8. The van der Waals surface area contributed by atoms with Crippen molar-refractivity contribution in [2.45, 2.75) is 51.5 Å². The van der Waals surface area contributed by atoms with Gasteiger partial charge in [-0.1, -0.05) is 32.0 Å².